The van der Waals surface area contributed by atoms with E-state index in [1.807, 2.05) is 30.3 Å². The first kappa shape index (κ1) is 15.0. The van der Waals surface area contributed by atoms with Gasteiger partial charge in [-0.3, -0.25) is 0 Å². The van der Waals surface area contributed by atoms with Crippen LogP contribution in [-0.4, -0.2) is 46.8 Å². The van der Waals surface area contributed by atoms with Gasteiger partial charge in [0.25, 0.3) is 0 Å². The number of benzene rings is 1. The van der Waals surface area contributed by atoms with Crippen LogP contribution in [0.2, 0.25) is 0 Å². The van der Waals surface area contributed by atoms with E-state index >= 15 is 0 Å². The molecule has 0 saturated carbocycles. The number of hydrogen-bond acceptors (Lipinski definition) is 3. The first-order valence-corrected chi connectivity index (χ1v) is 5.93. The smallest absolute Gasteiger partial charge is 0.326 e. The van der Waals surface area contributed by atoms with Gasteiger partial charge in [0.15, 0.2) is 0 Å². The van der Waals surface area contributed by atoms with Gasteiger partial charge in [0.2, 0.25) is 0 Å². The molecule has 1 atom stereocenters. The van der Waals surface area contributed by atoms with Gasteiger partial charge < -0.3 is 20.4 Å². The highest BCUT2D eigenvalue weighted by Gasteiger charge is 2.21. The normalized spacial score (nSPS) is 11.7. The highest BCUT2D eigenvalue weighted by atomic mass is 16.4. The zero-order valence-corrected chi connectivity index (χ0v) is 10.7. The van der Waals surface area contributed by atoms with Crippen molar-refractivity contribution >= 4 is 12.0 Å². The number of aliphatic hydroxyl groups is 1. The Morgan fingerprint density at radius 1 is 1.32 bits per heavy atom. The average Bonchev–Trinajstić information content (AvgIpc) is 2.39. The van der Waals surface area contributed by atoms with Crippen LogP contribution in [-0.2, 0) is 11.3 Å². The van der Waals surface area contributed by atoms with Gasteiger partial charge in [-0.15, -0.1) is 0 Å². The molecule has 0 unspecified atom stereocenters. The van der Waals surface area contributed by atoms with Gasteiger partial charge in [-0.1, -0.05) is 30.3 Å². The summed E-state index contributed by atoms with van der Waals surface area (Å²) in [5.41, 5.74) is 0.953. The predicted molar refractivity (Wildman–Crippen MR) is 69.6 cm³/mol. The minimum absolute atomic E-state index is 0.0136. The lowest BCUT2D eigenvalue weighted by Gasteiger charge is -2.21. The summed E-state index contributed by atoms with van der Waals surface area (Å²) in [6.45, 7) is 0.0950. The van der Waals surface area contributed by atoms with Gasteiger partial charge in [0, 0.05) is 26.6 Å². The number of amides is 2. The molecular weight excluding hydrogens is 248 g/mol. The van der Waals surface area contributed by atoms with Crippen molar-refractivity contribution in [2.75, 3.05) is 13.7 Å². The van der Waals surface area contributed by atoms with Crippen LogP contribution in [0.25, 0.3) is 0 Å². The van der Waals surface area contributed by atoms with E-state index in [1.165, 1.54) is 4.90 Å². The Bertz CT molecular complexity index is 422. The first-order valence-electron chi connectivity index (χ1n) is 5.93. The molecule has 0 saturated heterocycles. The number of carboxylic acid groups (broad SMARTS) is 1. The molecule has 0 aliphatic rings. The van der Waals surface area contributed by atoms with E-state index in [1.54, 1.807) is 7.05 Å². The van der Waals surface area contributed by atoms with Crippen molar-refractivity contribution in [1.29, 1.82) is 0 Å². The summed E-state index contributed by atoms with van der Waals surface area (Å²) in [5.74, 6) is -1.16. The Kier molecular flexibility index (Phi) is 5.81. The van der Waals surface area contributed by atoms with Gasteiger partial charge in [-0.25, -0.2) is 9.59 Å². The summed E-state index contributed by atoms with van der Waals surface area (Å²) in [5, 5.41) is 20.0. The summed E-state index contributed by atoms with van der Waals surface area (Å²) in [6.07, 6.45) is -0.0136. The van der Waals surface area contributed by atoms with E-state index in [0.29, 0.717) is 6.54 Å². The third kappa shape index (κ3) is 4.97. The summed E-state index contributed by atoms with van der Waals surface area (Å²) in [4.78, 5) is 24.1. The van der Waals surface area contributed by atoms with Crippen LogP contribution in [0, 0.1) is 0 Å². The second kappa shape index (κ2) is 7.38. The van der Waals surface area contributed by atoms with E-state index in [2.05, 4.69) is 5.32 Å². The van der Waals surface area contributed by atoms with Gasteiger partial charge in [-0.05, 0) is 5.56 Å². The Hall–Kier alpha value is -2.08. The summed E-state index contributed by atoms with van der Waals surface area (Å²) < 4.78 is 0. The molecule has 0 heterocycles. The van der Waals surface area contributed by atoms with Gasteiger partial charge >= 0.3 is 12.0 Å². The fourth-order valence-electron chi connectivity index (χ4n) is 1.57. The maximum absolute atomic E-state index is 11.8. The van der Waals surface area contributed by atoms with Crippen LogP contribution in [0.1, 0.15) is 12.0 Å². The van der Waals surface area contributed by atoms with Crippen LogP contribution in [0.5, 0.6) is 0 Å². The quantitative estimate of drug-likeness (QED) is 0.705. The SMILES string of the molecule is CN(Cc1ccccc1)C(=O)N[C@H](CCO)C(=O)O. The Morgan fingerprint density at radius 3 is 2.47 bits per heavy atom. The van der Waals surface area contributed by atoms with Crippen molar-refractivity contribution in [3.05, 3.63) is 35.9 Å². The molecule has 2 amide bonds. The Labute approximate surface area is 111 Å². The van der Waals surface area contributed by atoms with Crippen LogP contribution in [0.4, 0.5) is 4.79 Å². The Balaban J connectivity index is 2.54. The lowest BCUT2D eigenvalue weighted by Crippen LogP contribution is -2.46. The van der Waals surface area contributed by atoms with Crippen molar-refractivity contribution in [3.63, 3.8) is 0 Å². The number of nitrogens with one attached hydrogen (secondary N) is 1. The fourth-order valence-corrected chi connectivity index (χ4v) is 1.57. The van der Waals surface area contributed by atoms with Crippen molar-refractivity contribution in [3.8, 4) is 0 Å². The fraction of sp³-hybridized carbons (Fsp3) is 0.385. The third-order valence-electron chi connectivity index (χ3n) is 2.62. The molecule has 19 heavy (non-hydrogen) atoms. The number of aliphatic hydroxyl groups excluding tert-OH is 1. The molecule has 104 valence electrons. The molecule has 1 aromatic carbocycles. The molecule has 0 aliphatic heterocycles. The molecule has 0 fully saturated rings. The van der Waals surface area contributed by atoms with E-state index < -0.39 is 18.0 Å². The molecule has 6 heteroatoms. The minimum atomic E-state index is -1.16. The van der Waals surface area contributed by atoms with Crippen LogP contribution in [0.15, 0.2) is 30.3 Å². The number of carboxylic acids is 1. The monoisotopic (exact) mass is 266 g/mol. The number of aliphatic carboxylic acids is 1. The summed E-state index contributed by atoms with van der Waals surface area (Å²) in [6, 6.07) is 7.82. The molecule has 1 aromatic rings. The lowest BCUT2D eigenvalue weighted by atomic mass is 10.2. The second-order valence-electron chi connectivity index (χ2n) is 4.19. The first-order chi connectivity index (χ1) is 9.04. The molecule has 0 aliphatic carbocycles. The Morgan fingerprint density at radius 2 is 1.95 bits per heavy atom. The van der Waals surface area contributed by atoms with Crippen LogP contribution < -0.4 is 5.32 Å². The number of urea groups is 1. The van der Waals surface area contributed by atoms with E-state index in [4.69, 9.17) is 10.2 Å². The molecule has 1 rings (SSSR count). The van der Waals surface area contributed by atoms with Crippen LogP contribution >= 0.6 is 0 Å². The van der Waals surface area contributed by atoms with E-state index in [-0.39, 0.29) is 13.0 Å². The van der Waals surface area contributed by atoms with E-state index in [0.717, 1.165) is 5.56 Å². The molecular formula is C13H18N2O4. The average molecular weight is 266 g/mol. The molecule has 3 N–H and O–H groups in total. The predicted octanol–water partition coefficient (Wildman–Crippen LogP) is 0.664. The number of hydrogen-bond donors (Lipinski definition) is 3. The molecule has 0 spiro atoms. The summed E-state index contributed by atoms with van der Waals surface area (Å²) in [7, 11) is 1.58. The lowest BCUT2D eigenvalue weighted by molar-refractivity contribution is -0.139. The maximum atomic E-state index is 11.8. The van der Waals surface area contributed by atoms with Gasteiger partial charge in [0.05, 0.1) is 0 Å². The maximum Gasteiger partial charge on any atom is 0.326 e. The van der Waals surface area contributed by atoms with Crippen LogP contribution in [0.3, 0.4) is 0 Å². The standard InChI is InChI=1S/C13H18N2O4/c1-15(9-10-5-3-2-4-6-10)13(19)14-11(7-8-16)12(17)18/h2-6,11,16H,7-9H2,1H3,(H,14,19)(H,17,18)/t11-/m1/s1. The van der Waals surface area contributed by atoms with Gasteiger partial charge in [-0.2, -0.15) is 0 Å². The van der Waals surface area contributed by atoms with Crippen molar-refractivity contribution in [1.82, 2.24) is 10.2 Å². The number of nitrogens with zero attached hydrogens (tertiary/aromatic N) is 1. The highest BCUT2D eigenvalue weighted by Crippen LogP contribution is 2.03. The number of rotatable bonds is 6. The largest absolute Gasteiger partial charge is 0.480 e. The van der Waals surface area contributed by atoms with Gasteiger partial charge in [0.1, 0.15) is 6.04 Å². The topological polar surface area (TPSA) is 89.9 Å². The molecule has 0 aromatic heterocycles. The van der Waals surface area contributed by atoms with E-state index in [9.17, 15) is 9.59 Å². The third-order valence-corrected chi connectivity index (χ3v) is 2.62. The number of carbonyl (C=O) groups is 2. The zero-order valence-electron chi connectivity index (χ0n) is 10.7. The molecule has 0 bridgehead atoms. The van der Waals surface area contributed by atoms with Crippen molar-refractivity contribution < 1.29 is 19.8 Å². The molecule has 0 radical (unpaired) electrons. The minimum Gasteiger partial charge on any atom is -0.480 e. The van der Waals surface area contributed by atoms with Crippen molar-refractivity contribution in [2.45, 2.75) is 19.0 Å². The molecule has 6 nitrogen and oxygen atoms in total. The second-order valence-corrected chi connectivity index (χ2v) is 4.19. The highest BCUT2D eigenvalue weighted by molar-refractivity contribution is 5.82. The summed E-state index contributed by atoms with van der Waals surface area (Å²) >= 11 is 0. The zero-order chi connectivity index (χ0) is 14.3. The van der Waals surface area contributed by atoms with Crippen molar-refractivity contribution in [2.24, 2.45) is 0 Å². The number of carbonyl (C=O) groups excluding carboxylic acids is 1.